The van der Waals surface area contributed by atoms with Crippen LogP contribution in [0.5, 0.6) is 0 Å². The Morgan fingerprint density at radius 3 is 1.83 bits per heavy atom. The number of ketones is 2. The second-order valence-electron chi connectivity index (χ2n) is 4.61. The Hall–Kier alpha value is -0.801. The van der Waals surface area contributed by atoms with E-state index < -0.39 is 0 Å². The van der Waals surface area contributed by atoms with Crippen LogP contribution in [0, 0.1) is 0 Å². The van der Waals surface area contributed by atoms with Gasteiger partial charge in [-0.1, -0.05) is 0 Å². The van der Waals surface area contributed by atoms with Crippen LogP contribution in [-0.4, -0.2) is 45.2 Å². The van der Waals surface area contributed by atoms with Crippen molar-refractivity contribution in [3.8, 4) is 0 Å². The number of nitrogens with zero attached hydrogens (tertiary/aromatic N) is 2. The zero-order valence-corrected chi connectivity index (χ0v) is 12.7. The molecule has 2 N–H and O–H groups in total. The van der Waals surface area contributed by atoms with Gasteiger partial charge in [-0.05, 0) is 20.8 Å². The first-order valence-electron chi connectivity index (χ1n) is 5.87. The van der Waals surface area contributed by atoms with E-state index in [1.54, 1.807) is 13.8 Å². The molecule has 1 unspecified atom stereocenters. The third-order valence-electron chi connectivity index (χ3n) is 2.09. The molecule has 5 heteroatoms. The van der Waals surface area contributed by atoms with E-state index in [1.165, 1.54) is 0 Å². The van der Waals surface area contributed by atoms with Gasteiger partial charge in [-0.2, -0.15) is 0 Å². The summed E-state index contributed by atoms with van der Waals surface area (Å²) in [6, 6.07) is 0.100. The van der Waals surface area contributed by atoms with Crippen LogP contribution in [0.1, 0.15) is 47.5 Å². The molecule has 0 spiro atoms. The Kier molecular flexibility index (Phi) is 11.0. The van der Waals surface area contributed by atoms with Gasteiger partial charge in [0.2, 0.25) is 0 Å². The molecule has 4 nitrogen and oxygen atoms in total. The maximum Gasteiger partial charge on any atom is 0.295 e. The molecule has 0 aliphatic rings. The van der Waals surface area contributed by atoms with Crippen LogP contribution < -0.4 is 0 Å². The van der Waals surface area contributed by atoms with Crippen molar-refractivity contribution in [3.05, 3.63) is 0 Å². The van der Waals surface area contributed by atoms with Crippen LogP contribution in [0.15, 0.2) is 9.98 Å². The van der Waals surface area contributed by atoms with Gasteiger partial charge < -0.3 is 0 Å². The molecule has 0 aromatic rings. The smallest absolute Gasteiger partial charge is 0.292 e. The third kappa shape index (κ3) is 11.7. The Labute approximate surface area is 120 Å². The van der Waals surface area contributed by atoms with Gasteiger partial charge in [0.05, 0.1) is 25.4 Å². The Morgan fingerprint density at radius 1 is 0.944 bits per heavy atom. The summed E-state index contributed by atoms with van der Waals surface area (Å²) in [5.74, 6) is 0.757. The van der Waals surface area contributed by atoms with Gasteiger partial charge in [0.25, 0.3) is 11.6 Å². The predicted molar refractivity (Wildman–Crippen MR) is 75.0 cm³/mol. The van der Waals surface area contributed by atoms with E-state index in [0.29, 0.717) is 31.0 Å². The molecule has 0 saturated heterocycles. The Morgan fingerprint density at radius 2 is 1.39 bits per heavy atom. The van der Waals surface area contributed by atoms with Crippen LogP contribution in [0.25, 0.3) is 0 Å². The summed E-state index contributed by atoms with van der Waals surface area (Å²) in [4.78, 5) is 27.0. The van der Waals surface area contributed by atoms with Crippen molar-refractivity contribution in [2.24, 2.45) is 9.98 Å². The number of aliphatic imine (C=N–C) groups is 2. The fraction of sp³-hybridized carbons (Fsp3) is 0.692. The van der Waals surface area contributed by atoms with Gasteiger partial charge in [-0.15, -0.1) is 0 Å². The number of carbonyl (C=O) groups excluding carboxylic acids is 2. The molecule has 0 rings (SSSR count). The summed E-state index contributed by atoms with van der Waals surface area (Å²) in [5.41, 5.74) is 1.82. The van der Waals surface area contributed by atoms with Crippen molar-refractivity contribution < 1.29 is 26.7 Å². The van der Waals surface area contributed by atoms with E-state index in [0.717, 1.165) is 11.4 Å². The summed E-state index contributed by atoms with van der Waals surface area (Å²) in [7, 11) is 0. The van der Waals surface area contributed by atoms with E-state index in [9.17, 15) is 0 Å². The van der Waals surface area contributed by atoms with E-state index in [4.69, 9.17) is 9.59 Å². The molecular weight excluding hydrogens is 280 g/mol. The van der Waals surface area contributed by atoms with Crippen molar-refractivity contribution in [1.82, 2.24) is 0 Å². The minimum Gasteiger partial charge on any atom is -0.292 e. The van der Waals surface area contributed by atoms with Crippen molar-refractivity contribution in [2.75, 3.05) is 6.54 Å². The number of hydrogen-bond acceptors (Lipinski definition) is 2. The standard InChI is InChI=1S/C13H22N2O2.Cu/c1-9(6-12(4)16)14-8-11(3)15-10(2)7-13(5)17;/h11H,6-8H2,1-5H3;/p+2. The summed E-state index contributed by atoms with van der Waals surface area (Å²) in [5, 5.41) is 0. The van der Waals surface area contributed by atoms with E-state index >= 15 is 0 Å². The average molecular weight is 304 g/mol. The summed E-state index contributed by atoms with van der Waals surface area (Å²) in [6.07, 6.45) is 1.05. The topological polar surface area (TPSA) is 67.5 Å². The molecule has 0 bridgehead atoms. The summed E-state index contributed by atoms with van der Waals surface area (Å²) in [6.45, 7) is 9.74. The maximum absolute atomic E-state index is 9.13. The van der Waals surface area contributed by atoms with Gasteiger partial charge >= 0.3 is 0 Å². The molecule has 0 aliphatic carbocycles. The molecule has 1 radical (unpaired) electrons. The van der Waals surface area contributed by atoms with Crippen molar-refractivity contribution in [3.63, 3.8) is 0 Å². The molecule has 1 atom stereocenters. The zero-order chi connectivity index (χ0) is 13.4. The fourth-order valence-corrected chi connectivity index (χ4v) is 1.55. The van der Waals surface area contributed by atoms with E-state index in [1.807, 2.05) is 20.8 Å². The molecule has 0 fully saturated rings. The molecule has 0 aliphatic heterocycles. The third-order valence-corrected chi connectivity index (χ3v) is 2.09. The molecule has 107 valence electrons. The van der Waals surface area contributed by atoms with Gasteiger partial charge in [0, 0.05) is 42.3 Å². The molecule has 0 aromatic heterocycles. The minimum atomic E-state index is 0. The quantitative estimate of drug-likeness (QED) is 0.393. The first kappa shape index (κ1) is 19.5. The first-order chi connectivity index (χ1) is 7.81. The molecule has 0 saturated carbocycles. The Bertz CT molecular complexity index is 349. The normalized spacial score (nSPS) is 13.8. The average Bonchev–Trinajstić information content (AvgIpc) is 2.12. The van der Waals surface area contributed by atoms with Crippen molar-refractivity contribution >= 4 is 23.0 Å². The SMILES string of the molecule is CC(=[OH+])CC(C)=NCC(C)N=C(C)CC(C)=[OH+].[Cu]. The minimum absolute atomic E-state index is 0. The van der Waals surface area contributed by atoms with Gasteiger partial charge in [-0.3, -0.25) is 19.6 Å². The van der Waals surface area contributed by atoms with Crippen molar-refractivity contribution in [2.45, 2.75) is 53.5 Å². The molecule has 0 aromatic carbocycles. The second kappa shape index (κ2) is 10.2. The van der Waals surface area contributed by atoms with Crippen molar-refractivity contribution in [1.29, 1.82) is 0 Å². The zero-order valence-electron chi connectivity index (χ0n) is 11.8. The van der Waals surface area contributed by atoms with Crippen LogP contribution in [0.4, 0.5) is 0 Å². The summed E-state index contributed by atoms with van der Waals surface area (Å²) < 4.78 is 0. The molecular formula is C13H24CuN2O2+2. The second-order valence-corrected chi connectivity index (χ2v) is 4.61. The van der Waals surface area contributed by atoms with Crippen LogP contribution in [0.3, 0.4) is 0 Å². The molecule has 0 heterocycles. The summed E-state index contributed by atoms with van der Waals surface area (Å²) >= 11 is 0. The van der Waals surface area contributed by atoms with E-state index in [2.05, 4.69) is 9.98 Å². The van der Waals surface area contributed by atoms with Gasteiger partial charge in [0.15, 0.2) is 0 Å². The van der Waals surface area contributed by atoms with Gasteiger partial charge in [0.1, 0.15) is 0 Å². The largest absolute Gasteiger partial charge is 0.295 e. The van der Waals surface area contributed by atoms with Crippen LogP contribution in [-0.2, 0) is 17.1 Å². The van der Waals surface area contributed by atoms with Gasteiger partial charge in [-0.25, -0.2) is 0 Å². The molecule has 0 amide bonds. The Balaban J connectivity index is 0. The fourth-order valence-electron chi connectivity index (χ4n) is 1.55. The maximum atomic E-state index is 9.13. The first-order valence-corrected chi connectivity index (χ1v) is 5.87. The predicted octanol–water partition coefficient (Wildman–Crippen LogP) is 2.20. The number of rotatable bonds is 7. The van der Waals surface area contributed by atoms with Crippen LogP contribution >= 0.6 is 0 Å². The van der Waals surface area contributed by atoms with Crippen LogP contribution in [0.2, 0.25) is 0 Å². The van der Waals surface area contributed by atoms with E-state index in [-0.39, 0.29) is 23.1 Å². The molecule has 18 heavy (non-hydrogen) atoms. The monoisotopic (exact) mass is 303 g/mol. The number of hydrogen-bond donors (Lipinski definition) is 0.